The molecule has 0 unspecified atom stereocenters. The average Bonchev–Trinajstić information content (AvgIpc) is 2.66. The minimum Gasteiger partial charge on any atom is -0.452 e. The number of carbonyl (C=O) groups excluding carboxylic acids is 2. The summed E-state index contributed by atoms with van der Waals surface area (Å²) < 4.78 is 10.7. The highest BCUT2D eigenvalue weighted by atomic mass is 16.5. The number of morpholine rings is 1. The van der Waals surface area contributed by atoms with Crippen LogP contribution in [0.4, 0.5) is 5.82 Å². The van der Waals surface area contributed by atoms with E-state index in [4.69, 9.17) is 9.47 Å². The third-order valence-corrected chi connectivity index (χ3v) is 5.13. The Morgan fingerprint density at radius 2 is 1.92 bits per heavy atom. The zero-order valence-electron chi connectivity index (χ0n) is 15.5. The molecule has 26 heavy (non-hydrogen) atoms. The number of likely N-dealkylation sites (tertiary alicyclic amines) is 1. The van der Waals surface area contributed by atoms with E-state index in [0.29, 0.717) is 37.7 Å². The van der Waals surface area contributed by atoms with Crippen LogP contribution in [0.1, 0.15) is 43.5 Å². The number of pyridine rings is 1. The molecule has 0 saturated carbocycles. The average molecular weight is 361 g/mol. The molecule has 142 valence electrons. The number of rotatable bonds is 4. The minimum absolute atomic E-state index is 0.130. The van der Waals surface area contributed by atoms with Gasteiger partial charge in [0.15, 0.2) is 6.61 Å². The lowest BCUT2D eigenvalue weighted by Gasteiger charge is -2.38. The molecule has 2 atom stereocenters. The van der Waals surface area contributed by atoms with Crippen molar-refractivity contribution in [3.63, 3.8) is 0 Å². The second-order valence-electron chi connectivity index (χ2n) is 6.98. The molecule has 2 aliphatic heterocycles. The predicted molar refractivity (Wildman–Crippen MR) is 97.2 cm³/mol. The molecule has 0 aliphatic carbocycles. The van der Waals surface area contributed by atoms with Crippen molar-refractivity contribution >= 4 is 17.7 Å². The van der Waals surface area contributed by atoms with E-state index in [1.165, 1.54) is 0 Å². The van der Waals surface area contributed by atoms with Gasteiger partial charge >= 0.3 is 5.97 Å². The van der Waals surface area contributed by atoms with Gasteiger partial charge in [-0.05, 0) is 45.2 Å². The smallest absolute Gasteiger partial charge is 0.342 e. The van der Waals surface area contributed by atoms with E-state index in [-0.39, 0.29) is 24.6 Å². The SMILES string of the molecule is C[C@@H]1CCC[C@@H](C)N1C(=O)COC(=O)c1cccnc1N1CCOCC1. The molecule has 1 amide bonds. The lowest BCUT2D eigenvalue weighted by Crippen LogP contribution is -2.49. The van der Waals surface area contributed by atoms with Gasteiger partial charge in [0.25, 0.3) is 5.91 Å². The maximum absolute atomic E-state index is 12.6. The second-order valence-corrected chi connectivity index (χ2v) is 6.98. The van der Waals surface area contributed by atoms with Crippen molar-refractivity contribution in [1.82, 2.24) is 9.88 Å². The number of carbonyl (C=O) groups is 2. The van der Waals surface area contributed by atoms with Crippen molar-refractivity contribution in [3.8, 4) is 0 Å². The van der Waals surface area contributed by atoms with Crippen LogP contribution in [0, 0.1) is 0 Å². The highest BCUT2D eigenvalue weighted by molar-refractivity contribution is 5.96. The summed E-state index contributed by atoms with van der Waals surface area (Å²) in [4.78, 5) is 33.3. The maximum Gasteiger partial charge on any atom is 0.342 e. The lowest BCUT2D eigenvalue weighted by atomic mass is 9.97. The fourth-order valence-corrected chi connectivity index (χ4v) is 3.78. The third-order valence-electron chi connectivity index (χ3n) is 5.13. The zero-order valence-corrected chi connectivity index (χ0v) is 15.5. The van der Waals surface area contributed by atoms with Crippen molar-refractivity contribution in [3.05, 3.63) is 23.9 Å². The van der Waals surface area contributed by atoms with Gasteiger partial charge in [0.05, 0.1) is 13.2 Å². The van der Waals surface area contributed by atoms with Crippen LogP contribution in [0.5, 0.6) is 0 Å². The van der Waals surface area contributed by atoms with E-state index >= 15 is 0 Å². The molecule has 0 spiro atoms. The molecule has 2 saturated heterocycles. The summed E-state index contributed by atoms with van der Waals surface area (Å²) in [6.07, 6.45) is 4.77. The highest BCUT2D eigenvalue weighted by Crippen LogP contribution is 2.23. The molecule has 1 aromatic rings. The number of piperidine rings is 1. The van der Waals surface area contributed by atoms with Gasteiger partial charge in [-0.25, -0.2) is 9.78 Å². The number of hydrogen-bond donors (Lipinski definition) is 0. The van der Waals surface area contributed by atoms with Gasteiger partial charge in [-0.1, -0.05) is 0 Å². The Bertz CT molecular complexity index is 635. The number of anilines is 1. The molecule has 7 heteroatoms. The zero-order chi connectivity index (χ0) is 18.5. The fraction of sp³-hybridized carbons (Fsp3) is 0.632. The molecule has 1 aromatic heterocycles. The molecule has 0 N–H and O–H groups in total. The fourth-order valence-electron chi connectivity index (χ4n) is 3.78. The summed E-state index contributed by atoms with van der Waals surface area (Å²) in [5.74, 6) is -0.0481. The molecule has 7 nitrogen and oxygen atoms in total. The Hall–Kier alpha value is -2.15. The summed E-state index contributed by atoms with van der Waals surface area (Å²) >= 11 is 0. The van der Waals surface area contributed by atoms with Gasteiger partial charge in [-0.3, -0.25) is 4.79 Å². The van der Waals surface area contributed by atoms with E-state index in [2.05, 4.69) is 4.98 Å². The Labute approximate surface area is 154 Å². The normalized spacial score (nSPS) is 23.6. The van der Waals surface area contributed by atoms with Gasteiger partial charge in [-0.2, -0.15) is 0 Å². The first-order valence-corrected chi connectivity index (χ1v) is 9.34. The Morgan fingerprint density at radius 3 is 2.62 bits per heavy atom. The van der Waals surface area contributed by atoms with Crippen molar-refractivity contribution in [2.24, 2.45) is 0 Å². The van der Waals surface area contributed by atoms with E-state index < -0.39 is 5.97 Å². The highest BCUT2D eigenvalue weighted by Gasteiger charge is 2.30. The molecular formula is C19H27N3O4. The standard InChI is InChI=1S/C19H27N3O4/c1-14-5-3-6-15(2)22(14)17(23)13-26-19(24)16-7-4-8-20-18(16)21-9-11-25-12-10-21/h4,7-8,14-15H,3,5-6,9-13H2,1-2H3/t14-,15-/m1/s1. The molecule has 0 aromatic carbocycles. The predicted octanol–water partition coefficient (Wildman–Crippen LogP) is 1.86. The van der Waals surface area contributed by atoms with Gasteiger partial charge in [0.2, 0.25) is 0 Å². The van der Waals surface area contributed by atoms with Crippen LogP contribution in [-0.4, -0.2) is 66.8 Å². The summed E-state index contributed by atoms with van der Waals surface area (Å²) in [5, 5.41) is 0. The van der Waals surface area contributed by atoms with Crippen LogP contribution in [0.2, 0.25) is 0 Å². The topological polar surface area (TPSA) is 72.0 Å². The minimum atomic E-state index is -0.509. The van der Waals surface area contributed by atoms with E-state index in [1.54, 1.807) is 18.3 Å². The Kier molecular flexibility index (Phi) is 6.08. The number of ether oxygens (including phenoxy) is 2. The molecule has 0 bridgehead atoms. The first-order valence-electron chi connectivity index (χ1n) is 9.34. The molecule has 3 rings (SSSR count). The first kappa shape index (κ1) is 18.6. The van der Waals surface area contributed by atoms with Crippen molar-refractivity contribution in [2.45, 2.75) is 45.2 Å². The summed E-state index contributed by atoms with van der Waals surface area (Å²) in [6, 6.07) is 3.77. The summed E-state index contributed by atoms with van der Waals surface area (Å²) in [6.45, 7) is 6.44. The number of amides is 1. The lowest BCUT2D eigenvalue weighted by molar-refractivity contribution is -0.140. The first-order chi connectivity index (χ1) is 12.6. The monoisotopic (exact) mass is 361 g/mol. The van der Waals surface area contributed by atoms with Crippen LogP contribution < -0.4 is 4.90 Å². The number of aromatic nitrogens is 1. The van der Waals surface area contributed by atoms with Crippen molar-refractivity contribution < 1.29 is 19.1 Å². The third kappa shape index (κ3) is 4.15. The van der Waals surface area contributed by atoms with Gasteiger partial charge in [-0.15, -0.1) is 0 Å². The number of esters is 1. The van der Waals surface area contributed by atoms with Crippen LogP contribution in [-0.2, 0) is 14.3 Å². The van der Waals surface area contributed by atoms with Crippen molar-refractivity contribution in [1.29, 1.82) is 0 Å². The van der Waals surface area contributed by atoms with Gasteiger partial charge in [0.1, 0.15) is 11.4 Å². The van der Waals surface area contributed by atoms with E-state index in [1.807, 2.05) is 23.6 Å². The molecule has 3 heterocycles. The van der Waals surface area contributed by atoms with E-state index in [9.17, 15) is 9.59 Å². The van der Waals surface area contributed by atoms with Crippen LogP contribution in [0.15, 0.2) is 18.3 Å². The Balaban J connectivity index is 1.64. The largest absolute Gasteiger partial charge is 0.452 e. The van der Waals surface area contributed by atoms with Crippen LogP contribution in [0.3, 0.4) is 0 Å². The van der Waals surface area contributed by atoms with E-state index in [0.717, 1.165) is 19.3 Å². The molecular weight excluding hydrogens is 334 g/mol. The van der Waals surface area contributed by atoms with Gasteiger partial charge < -0.3 is 19.3 Å². The van der Waals surface area contributed by atoms with Crippen LogP contribution >= 0.6 is 0 Å². The Morgan fingerprint density at radius 1 is 1.23 bits per heavy atom. The quantitative estimate of drug-likeness (QED) is 0.763. The number of nitrogens with zero attached hydrogens (tertiary/aromatic N) is 3. The van der Waals surface area contributed by atoms with Gasteiger partial charge in [0, 0.05) is 31.4 Å². The van der Waals surface area contributed by atoms with Crippen LogP contribution in [0.25, 0.3) is 0 Å². The summed E-state index contributed by atoms with van der Waals surface area (Å²) in [7, 11) is 0. The maximum atomic E-state index is 12.6. The number of hydrogen-bond acceptors (Lipinski definition) is 6. The molecule has 0 radical (unpaired) electrons. The molecule has 2 aliphatic rings. The molecule has 2 fully saturated rings. The summed E-state index contributed by atoms with van der Waals surface area (Å²) in [5.41, 5.74) is 0.391. The van der Waals surface area contributed by atoms with Crippen molar-refractivity contribution in [2.75, 3.05) is 37.8 Å². The second kappa shape index (κ2) is 8.49.